The number of nitrogens with zero attached hydrogens (tertiary/aromatic N) is 3. The number of para-hydroxylation sites is 1. The molecule has 6 nitrogen and oxygen atoms in total. The molecule has 2 heterocycles. The average Bonchev–Trinajstić information content (AvgIpc) is 3.36. The van der Waals surface area contributed by atoms with Crippen LogP contribution in [0.5, 0.6) is 11.5 Å². The predicted octanol–water partition coefficient (Wildman–Crippen LogP) is 4.12. The number of hydrogen-bond acceptors (Lipinski definition) is 4. The second-order valence-electron chi connectivity index (χ2n) is 7.75. The number of aryl methyl sites for hydroxylation is 3. The van der Waals surface area contributed by atoms with Crippen LogP contribution < -0.4 is 9.47 Å². The number of carbonyl (C=O) groups is 1. The highest BCUT2D eigenvalue weighted by Crippen LogP contribution is 2.36. The molecule has 2 aromatic carbocycles. The fourth-order valence-electron chi connectivity index (χ4n) is 3.86. The molecular weight excluding hydrogens is 378 g/mol. The fourth-order valence-corrected chi connectivity index (χ4v) is 3.86. The van der Waals surface area contributed by atoms with Crippen molar-refractivity contribution < 1.29 is 14.3 Å². The van der Waals surface area contributed by atoms with E-state index < -0.39 is 0 Å². The van der Waals surface area contributed by atoms with Crippen molar-refractivity contribution in [3.05, 3.63) is 77.1 Å². The molecule has 0 saturated heterocycles. The van der Waals surface area contributed by atoms with Crippen LogP contribution in [0.25, 0.3) is 0 Å². The smallest absolute Gasteiger partial charge is 0.272 e. The van der Waals surface area contributed by atoms with Crippen LogP contribution in [0.4, 0.5) is 0 Å². The maximum Gasteiger partial charge on any atom is 0.272 e. The monoisotopic (exact) mass is 405 g/mol. The molecule has 0 spiro atoms. The van der Waals surface area contributed by atoms with E-state index in [-0.39, 0.29) is 18.7 Å². The molecular formula is C24H27N3O3. The lowest BCUT2D eigenvalue weighted by atomic mass is 10.0. The van der Waals surface area contributed by atoms with Gasteiger partial charge in [0.1, 0.15) is 5.69 Å². The second kappa shape index (κ2) is 8.61. The summed E-state index contributed by atoms with van der Waals surface area (Å²) in [7, 11) is 1.81. The molecule has 0 radical (unpaired) electrons. The van der Waals surface area contributed by atoms with Crippen molar-refractivity contribution in [2.45, 2.75) is 39.3 Å². The van der Waals surface area contributed by atoms with E-state index in [0.29, 0.717) is 12.2 Å². The largest absolute Gasteiger partial charge is 0.454 e. The Morgan fingerprint density at radius 1 is 1.17 bits per heavy atom. The Bertz CT molecular complexity index is 1030. The summed E-state index contributed by atoms with van der Waals surface area (Å²) in [6.07, 6.45) is 1.77. The Balaban J connectivity index is 1.60. The van der Waals surface area contributed by atoms with E-state index in [4.69, 9.17) is 9.47 Å². The quantitative estimate of drug-likeness (QED) is 0.593. The minimum Gasteiger partial charge on any atom is -0.454 e. The van der Waals surface area contributed by atoms with Crippen molar-refractivity contribution in [3.63, 3.8) is 0 Å². The first-order chi connectivity index (χ1) is 14.5. The van der Waals surface area contributed by atoms with E-state index in [1.807, 2.05) is 61.3 Å². The van der Waals surface area contributed by atoms with Gasteiger partial charge in [0.05, 0.1) is 12.2 Å². The summed E-state index contributed by atoms with van der Waals surface area (Å²) in [5.41, 5.74) is 3.63. The number of carbonyl (C=O) groups excluding carboxylic acids is 1. The summed E-state index contributed by atoms with van der Waals surface area (Å²) >= 11 is 0. The number of benzene rings is 2. The van der Waals surface area contributed by atoms with Crippen molar-refractivity contribution >= 4 is 5.91 Å². The molecule has 0 aliphatic carbocycles. The van der Waals surface area contributed by atoms with E-state index in [2.05, 4.69) is 24.2 Å². The van der Waals surface area contributed by atoms with Gasteiger partial charge in [-0.1, -0.05) is 42.5 Å². The van der Waals surface area contributed by atoms with E-state index in [9.17, 15) is 4.79 Å². The lowest BCUT2D eigenvalue weighted by molar-refractivity contribution is 0.0654. The van der Waals surface area contributed by atoms with E-state index in [0.717, 1.165) is 35.6 Å². The third kappa shape index (κ3) is 4.17. The van der Waals surface area contributed by atoms with Gasteiger partial charge in [0.25, 0.3) is 5.91 Å². The molecule has 1 aliphatic heterocycles. The molecule has 1 aromatic heterocycles. The van der Waals surface area contributed by atoms with Crippen molar-refractivity contribution in [1.82, 2.24) is 14.7 Å². The third-order valence-corrected chi connectivity index (χ3v) is 5.53. The summed E-state index contributed by atoms with van der Waals surface area (Å²) in [5, 5.41) is 4.36. The van der Waals surface area contributed by atoms with Crippen LogP contribution in [0.15, 0.2) is 54.6 Å². The third-order valence-electron chi connectivity index (χ3n) is 5.53. The lowest BCUT2D eigenvalue weighted by Gasteiger charge is -2.30. The molecule has 0 bridgehead atoms. The Morgan fingerprint density at radius 3 is 2.70 bits per heavy atom. The van der Waals surface area contributed by atoms with Gasteiger partial charge >= 0.3 is 0 Å². The minimum absolute atomic E-state index is 0.0322. The topological polar surface area (TPSA) is 56.6 Å². The molecule has 1 amide bonds. The van der Waals surface area contributed by atoms with Crippen LogP contribution in [0.1, 0.15) is 40.7 Å². The standard InChI is InChI=1S/C24H27N3O3/c1-17-14-21(26(3)25-17)24(28)27(18(2)12-13-19-8-5-4-6-9-19)15-20-10-7-11-22-23(20)30-16-29-22/h4-11,14,18H,12-13,15-16H2,1-3H3/t18-/m1/s1. The molecule has 156 valence electrons. The molecule has 0 fully saturated rings. The summed E-state index contributed by atoms with van der Waals surface area (Å²) in [6.45, 7) is 4.66. The highest BCUT2D eigenvalue weighted by molar-refractivity contribution is 5.93. The van der Waals surface area contributed by atoms with Crippen LogP contribution in [-0.4, -0.2) is 33.4 Å². The van der Waals surface area contributed by atoms with Gasteiger partial charge in [-0.3, -0.25) is 9.48 Å². The zero-order valence-corrected chi connectivity index (χ0v) is 17.7. The van der Waals surface area contributed by atoms with Crippen molar-refractivity contribution in [3.8, 4) is 11.5 Å². The van der Waals surface area contributed by atoms with Gasteiger partial charge in [-0.2, -0.15) is 5.10 Å². The molecule has 6 heteroatoms. The molecule has 1 aliphatic rings. The number of amides is 1. The Hall–Kier alpha value is -3.28. The van der Waals surface area contributed by atoms with Gasteiger partial charge in [0.2, 0.25) is 6.79 Å². The zero-order valence-electron chi connectivity index (χ0n) is 17.7. The predicted molar refractivity (Wildman–Crippen MR) is 115 cm³/mol. The molecule has 1 atom stereocenters. The zero-order chi connectivity index (χ0) is 21.1. The summed E-state index contributed by atoms with van der Waals surface area (Å²) in [5.74, 6) is 1.43. The number of rotatable bonds is 7. The molecule has 0 saturated carbocycles. The van der Waals surface area contributed by atoms with Crippen LogP contribution in [0, 0.1) is 6.92 Å². The molecule has 4 rings (SSSR count). The van der Waals surface area contributed by atoms with Gasteiger partial charge in [0, 0.05) is 18.7 Å². The fraction of sp³-hybridized carbons (Fsp3) is 0.333. The molecule has 30 heavy (non-hydrogen) atoms. The highest BCUT2D eigenvalue weighted by atomic mass is 16.7. The molecule has 0 N–H and O–H groups in total. The average molecular weight is 405 g/mol. The van der Waals surface area contributed by atoms with Gasteiger partial charge in [-0.25, -0.2) is 0 Å². The summed E-state index contributed by atoms with van der Waals surface area (Å²) in [4.78, 5) is 15.4. The number of hydrogen-bond donors (Lipinski definition) is 0. The SMILES string of the molecule is Cc1cc(C(=O)N(Cc2cccc3c2OCO3)[C@H](C)CCc2ccccc2)n(C)n1. The Kier molecular flexibility index (Phi) is 5.74. The number of ether oxygens (including phenoxy) is 2. The summed E-state index contributed by atoms with van der Waals surface area (Å²) < 4.78 is 12.8. The van der Waals surface area contributed by atoms with Gasteiger partial charge in [0.15, 0.2) is 11.5 Å². The first-order valence-corrected chi connectivity index (χ1v) is 10.3. The van der Waals surface area contributed by atoms with Crippen LogP contribution in [0.2, 0.25) is 0 Å². The Labute approximate surface area is 177 Å². The maximum atomic E-state index is 13.5. The van der Waals surface area contributed by atoms with Gasteiger partial charge in [-0.15, -0.1) is 0 Å². The van der Waals surface area contributed by atoms with Crippen molar-refractivity contribution in [1.29, 1.82) is 0 Å². The maximum absolute atomic E-state index is 13.5. The van der Waals surface area contributed by atoms with Gasteiger partial charge < -0.3 is 14.4 Å². The van der Waals surface area contributed by atoms with E-state index in [1.54, 1.807) is 4.68 Å². The lowest BCUT2D eigenvalue weighted by Crippen LogP contribution is -2.39. The van der Waals surface area contributed by atoms with Crippen molar-refractivity contribution in [2.24, 2.45) is 7.05 Å². The summed E-state index contributed by atoms with van der Waals surface area (Å²) in [6, 6.07) is 18.1. The van der Waals surface area contributed by atoms with Crippen molar-refractivity contribution in [2.75, 3.05) is 6.79 Å². The van der Waals surface area contributed by atoms with E-state index >= 15 is 0 Å². The van der Waals surface area contributed by atoms with E-state index in [1.165, 1.54) is 5.56 Å². The molecule has 0 unspecified atom stereocenters. The Morgan fingerprint density at radius 2 is 1.97 bits per heavy atom. The second-order valence-corrected chi connectivity index (χ2v) is 7.75. The highest BCUT2D eigenvalue weighted by Gasteiger charge is 2.27. The normalized spacial score (nSPS) is 13.3. The van der Waals surface area contributed by atoms with Crippen LogP contribution in [0.3, 0.4) is 0 Å². The first kappa shape index (κ1) is 20.0. The number of aromatic nitrogens is 2. The van der Waals surface area contributed by atoms with Crippen LogP contribution >= 0.6 is 0 Å². The van der Waals surface area contributed by atoms with Crippen LogP contribution in [-0.2, 0) is 20.0 Å². The minimum atomic E-state index is -0.0322. The molecule has 3 aromatic rings. The van der Waals surface area contributed by atoms with Gasteiger partial charge in [-0.05, 0) is 44.4 Å². The first-order valence-electron chi connectivity index (χ1n) is 10.3. The number of fused-ring (bicyclic) bond motifs is 1.